The molecule has 0 radical (unpaired) electrons. The van der Waals surface area contributed by atoms with Crippen LogP contribution in [0.2, 0.25) is 0 Å². The molecule has 0 saturated carbocycles. The van der Waals surface area contributed by atoms with Crippen molar-refractivity contribution in [3.63, 3.8) is 0 Å². The van der Waals surface area contributed by atoms with Crippen molar-refractivity contribution in [3.05, 3.63) is 59.1 Å². The molecule has 0 atom stereocenters. The minimum atomic E-state index is -0.720. The Balaban J connectivity index is 1.79. The lowest BCUT2D eigenvalue weighted by molar-refractivity contribution is 0.0718. The number of thiophene rings is 1. The maximum absolute atomic E-state index is 14.3. The molecular formula is C19H17F2N3OS. The number of rotatable bonds is 3. The number of aromatic nitrogens is 2. The molecule has 1 aliphatic rings. The van der Waals surface area contributed by atoms with Crippen molar-refractivity contribution in [2.24, 2.45) is 0 Å². The van der Waals surface area contributed by atoms with E-state index in [4.69, 9.17) is 0 Å². The van der Waals surface area contributed by atoms with Crippen LogP contribution in [0.15, 0.2) is 41.8 Å². The largest absolute Gasteiger partial charge is 0.337 e. The van der Waals surface area contributed by atoms with Crippen molar-refractivity contribution in [2.45, 2.75) is 19.3 Å². The van der Waals surface area contributed by atoms with Crippen LogP contribution in [-0.4, -0.2) is 33.7 Å². The molecule has 0 aliphatic carbocycles. The van der Waals surface area contributed by atoms with E-state index in [0.717, 1.165) is 30.2 Å². The van der Waals surface area contributed by atoms with Gasteiger partial charge in [0.25, 0.3) is 5.91 Å². The highest BCUT2D eigenvalue weighted by Gasteiger charge is 2.24. The quantitative estimate of drug-likeness (QED) is 0.678. The van der Waals surface area contributed by atoms with Gasteiger partial charge in [-0.3, -0.25) is 4.79 Å². The number of amides is 1. The SMILES string of the molecule is O=C(c1cc(-c2cccs2)n(-c2ccc(F)cc2F)n1)N1CCCCC1. The average Bonchev–Trinajstić information content (AvgIpc) is 3.31. The Morgan fingerprint density at radius 1 is 1.08 bits per heavy atom. The van der Waals surface area contributed by atoms with E-state index >= 15 is 0 Å². The third kappa shape index (κ3) is 3.14. The smallest absolute Gasteiger partial charge is 0.274 e. The van der Waals surface area contributed by atoms with Gasteiger partial charge in [0.15, 0.2) is 11.5 Å². The van der Waals surface area contributed by atoms with Gasteiger partial charge >= 0.3 is 0 Å². The molecule has 7 heteroatoms. The number of carbonyl (C=O) groups is 1. The summed E-state index contributed by atoms with van der Waals surface area (Å²) in [6.07, 6.45) is 3.09. The fraction of sp³-hybridized carbons (Fsp3) is 0.263. The van der Waals surface area contributed by atoms with E-state index in [1.165, 1.54) is 28.2 Å². The molecule has 2 aromatic heterocycles. The van der Waals surface area contributed by atoms with Gasteiger partial charge in [-0.15, -0.1) is 11.3 Å². The zero-order chi connectivity index (χ0) is 18.1. The summed E-state index contributed by atoms with van der Waals surface area (Å²) in [5, 5.41) is 6.27. The van der Waals surface area contributed by atoms with Crippen molar-refractivity contribution in [2.75, 3.05) is 13.1 Å². The van der Waals surface area contributed by atoms with Crippen LogP contribution in [-0.2, 0) is 0 Å². The van der Waals surface area contributed by atoms with Crippen LogP contribution in [0.25, 0.3) is 16.3 Å². The minimum absolute atomic E-state index is 0.118. The average molecular weight is 373 g/mol. The molecule has 3 aromatic rings. The monoisotopic (exact) mass is 373 g/mol. The van der Waals surface area contributed by atoms with Gasteiger partial charge in [-0.1, -0.05) is 6.07 Å². The summed E-state index contributed by atoms with van der Waals surface area (Å²) >= 11 is 1.47. The van der Waals surface area contributed by atoms with Gasteiger partial charge in [-0.25, -0.2) is 13.5 Å². The molecule has 1 aliphatic heterocycles. The van der Waals surface area contributed by atoms with Crippen molar-refractivity contribution in [3.8, 4) is 16.3 Å². The molecule has 1 aromatic carbocycles. The van der Waals surface area contributed by atoms with Crippen LogP contribution in [0.4, 0.5) is 8.78 Å². The lowest BCUT2D eigenvalue weighted by Crippen LogP contribution is -2.35. The molecule has 0 unspecified atom stereocenters. The van der Waals surface area contributed by atoms with Crippen LogP contribution in [0, 0.1) is 11.6 Å². The summed E-state index contributed by atoms with van der Waals surface area (Å²) in [5.41, 5.74) is 1.01. The zero-order valence-electron chi connectivity index (χ0n) is 14.0. The minimum Gasteiger partial charge on any atom is -0.337 e. The molecule has 1 fully saturated rings. The number of halogens is 2. The summed E-state index contributed by atoms with van der Waals surface area (Å²) in [6, 6.07) is 8.79. The fourth-order valence-electron chi connectivity index (χ4n) is 3.18. The lowest BCUT2D eigenvalue weighted by Gasteiger charge is -2.25. The Hall–Kier alpha value is -2.54. The van der Waals surface area contributed by atoms with Crippen molar-refractivity contribution in [1.82, 2.24) is 14.7 Å². The maximum atomic E-state index is 14.3. The maximum Gasteiger partial charge on any atom is 0.274 e. The summed E-state index contributed by atoms with van der Waals surface area (Å²) in [7, 11) is 0. The van der Waals surface area contributed by atoms with Gasteiger partial charge in [0.1, 0.15) is 11.5 Å². The van der Waals surface area contributed by atoms with Gasteiger partial charge in [0, 0.05) is 19.2 Å². The molecule has 0 spiro atoms. The molecule has 0 bridgehead atoms. The van der Waals surface area contributed by atoms with Gasteiger partial charge in [-0.2, -0.15) is 5.10 Å². The summed E-state index contributed by atoms with van der Waals surface area (Å²) in [4.78, 5) is 15.5. The number of benzene rings is 1. The van der Waals surface area contributed by atoms with E-state index in [-0.39, 0.29) is 17.3 Å². The molecule has 1 amide bonds. The molecule has 4 nitrogen and oxygen atoms in total. The number of hydrogen-bond donors (Lipinski definition) is 0. The first-order chi connectivity index (χ1) is 12.6. The first-order valence-corrected chi connectivity index (χ1v) is 9.40. The highest BCUT2D eigenvalue weighted by molar-refractivity contribution is 7.13. The Morgan fingerprint density at radius 3 is 2.58 bits per heavy atom. The van der Waals surface area contributed by atoms with E-state index < -0.39 is 11.6 Å². The molecule has 3 heterocycles. The normalized spacial score (nSPS) is 14.6. The Morgan fingerprint density at radius 2 is 1.88 bits per heavy atom. The lowest BCUT2D eigenvalue weighted by atomic mass is 10.1. The van der Waals surface area contributed by atoms with Crippen molar-refractivity contribution < 1.29 is 13.6 Å². The standard InChI is InChI=1S/C19H17F2N3OS/c20-13-6-7-16(14(21)11-13)24-17(18-5-4-10-26-18)12-15(22-24)19(25)23-8-2-1-3-9-23/h4-7,10-12H,1-3,8-9H2. The Labute approximate surface area is 153 Å². The molecule has 4 rings (SSSR count). The number of hydrogen-bond acceptors (Lipinski definition) is 3. The second-order valence-corrected chi connectivity index (χ2v) is 7.20. The predicted molar refractivity (Wildman–Crippen MR) is 96.5 cm³/mol. The molecule has 134 valence electrons. The van der Waals surface area contributed by atoms with Crippen molar-refractivity contribution >= 4 is 17.2 Å². The number of nitrogens with zero attached hydrogens (tertiary/aromatic N) is 3. The van der Waals surface area contributed by atoms with E-state index in [1.807, 2.05) is 17.5 Å². The summed E-state index contributed by atoms with van der Waals surface area (Å²) in [5.74, 6) is -1.52. The fourth-order valence-corrected chi connectivity index (χ4v) is 3.91. The third-order valence-electron chi connectivity index (χ3n) is 4.48. The Bertz CT molecular complexity index is 930. The van der Waals surface area contributed by atoms with E-state index in [9.17, 15) is 13.6 Å². The zero-order valence-corrected chi connectivity index (χ0v) is 14.8. The molecule has 26 heavy (non-hydrogen) atoms. The highest BCUT2D eigenvalue weighted by Crippen LogP contribution is 2.29. The van der Waals surface area contributed by atoms with E-state index in [1.54, 1.807) is 11.0 Å². The van der Waals surface area contributed by atoms with Gasteiger partial charge < -0.3 is 4.90 Å². The van der Waals surface area contributed by atoms with Crippen LogP contribution < -0.4 is 0 Å². The molecule has 0 N–H and O–H groups in total. The first-order valence-electron chi connectivity index (χ1n) is 8.52. The molecular weight excluding hydrogens is 356 g/mol. The first kappa shape index (κ1) is 16.9. The second kappa shape index (κ2) is 6.99. The number of piperidine rings is 1. The highest BCUT2D eigenvalue weighted by atomic mass is 32.1. The van der Waals surface area contributed by atoms with Crippen molar-refractivity contribution in [1.29, 1.82) is 0 Å². The molecule has 1 saturated heterocycles. The van der Waals surface area contributed by atoms with E-state index in [0.29, 0.717) is 18.8 Å². The van der Waals surface area contributed by atoms with Crippen LogP contribution in [0.3, 0.4) is 0 Å². The van der Waals surface area contributed by atoms with Crippen LogP contribution in [0.1, 0.15) is 29.8 Å². The van der Waals surface area contributed by atoms with Crippen LogP contribution in [0.5, 0.6) is 0 Å². The summed E-state index contributed by atoms with van der Waals surface area (Å²) in [6.45, 7) is 1.43. The van der Waals surface area contributed by atoms with E-state index in [2.05, 4.69) is 5.10 Å². The third-order valence-corrected chi connectivity index (χ3v) is 5.38. The summed E-state index contributed by atoms with van der Waals surface area (Å²) < 4.78 is 29.0. The number of carbonyl (C=O) groups excluding carboxylic acids is 1. The second-order valence-electron chi connectivity index (χ2n) is 6.25. The Kier molecular flexibility index (Phi) is 4.55. The topological polar surface area (TPSA) is 38.1 Å². The van der Waals surface area contributed by atoms with Gasteiger partial charge in [0.05, 0.1) is 10.6 Å². The van der Waals surface area contributed by atoms with Gasteiger partial charge in [0.2, 0.25) is 0 Å². The predicted octanol–water partition coefficient (Wildman–Crippen LogP) is 4.51. The van der Waals surface area contributed by atoms with Gasteiger partial charge in [-0.05, 0) is 48.9 Å². The van der Waals surface area contributed by atoms with Crippen LogP contribution >= 0.6 is 11.3 Å². The number of likely N-dealkylation sites (tertiary alicyclic amines) is 1.